The van der Waals surface area contributed by atoms with E-state index in [1.165, 1.54) is 11.8 Å². The van der Waals surface area contributed by atoms with Crippen LogP contribution in [0.1, 0.15) is 49.3 Å². The number of carbonyl (C=O) groups is 2. The molecule has 0 spiro atoms. The summed E-state index contributed by atoms with van der Waals surface area (Å²) in [6.07, 6.45) is 3.81. The molecule has 1 aromatic rings. The van der Waals surface area contributed by atoms with Gasteiger partial charge in [-0.3, -0.25) is 23.9 Å². The number of piperazine rings is 1. The lowest BCUT2D eigenvalue weighted by Gasteiger charge is -2.36. The van der Waals surface area contributed by atoms with Gasteiger partial charge < -0.3 is 14.9 Å². The Kier molecular flexibility index (Phi) is 9.10. The summed E-state index contributed by atoms with van der Waals surface area (Å²) in [5.74, 6) is -0.286. The van der Waals surface area contributed by atoms with E-state index in [0.29, 0.717) is 52.7 Å². The molecule has 0 atom stereocenters. The van der Waals surface area contributed by atoms with Crippen molar-refractivity contribution in [2.45, 2.75) is 46.1 Å². The number of nitriles is 1. The fraction of sp³-hybridized carbons (Fsp3) is 0.542. The number of carbonyl (C=O) groups excluding carboxylic acids is 1. The number of aromatic nitrogens is 1. The molecule has 9 nitrogen and oxygen atoms in total. The maximum Gasteiger partial charge on any atom is 0.303 e. The van der Waals surface area contributed by atoms with E-state index in [2.05, 4.69) is 22.9 Å². The third kappa shape index (κ3) is 5.94. The van der Waals surface area contributed by atoms with Gasteiger partial charge in [-0.05, 0) is 45.4 Å². The number of anilines is 1. The summed E-state index contributed by atoms with van der Waals surface area (Å²) in [7, 11) is 2.06. The largest absolute Gasteiger partial charge is 0.481 e. The zero-order chi connectivity index (χ0) is 25.7. The van der Waals surface area contributed by atoms with Crippen LogP contribution in [0.2, 0.25) is 0 Å². The second kappa shape index (κ2) is 11.8. The predicted molar refractivity (Wildman–Crippen MR) is 142 cm³/mol. The van der Waals surface area contributed by atoms with Gasteiger partial charge in [0, 0.05) is 51.3 Å². The average Bonchev–Trinajstić information content (AvgIpc) is 3.08. The van der Waals surface area contributed by atoms with Gasteiger partial charge >= 0.3 is 5.97 Å². The number of likely N-dealkylation sites (N-methyl/N-ethyl adjacent to an activating group) is 1. The van der Waals surface area contributed by atoms with Crippen LogP contribution in [0.5, 0.6) is 0 Å². The SMILES string of the molecule is CCn1c(N2CCN(C)CC2)c(/C=C2\SC(=S)N(CCCCCC(=O)O)C2=O)c(C)c(C#N)c1=O. The molecular formula is C24H31N5O4S2. The molecule has 2 fully saturated rings. The van der Waals surface area contributed by atoms with E-state index in [-0.39, 0.29) is 23.5 Å². The third-order valence-electron chi connectivity index (χ3n) is 6.39. The maximum atomic E-state index is 13.2. The van der Waals surface area contributed by atoms with Crippen LogP contribution in [0.3, 0.4) is 0 Å². The Balaban J connectivity index is 1.96. The van der Waals surface area contributed by atoms with Gasteiger partial charge in [-0.2, -0.15) is 5.26 Å². The van der Waals surface area contributed by atoms with E-state index >= 15 is 0 Å². The highest BCUT2D eigenvalue weighted by atomic mass is 32.2. The summed E-state index contributed by atoms with van der Waals surface area (Å²) in [5, 5.41) is 18.5. The Morgan fingerprint density at radius 2 is 1.89 bits per heavy atom. The Morgan fingerprint density at radius 1 is 1.20 bits per heavy atom. The number of carboxylic acids is 1. The highest BCUT2D eigenvalue weighted by Crippen LogP contribution is 2.36. The Morgan fingerprint density at radius 3 is 2.49 bits per heavy atom. The molecule has 35 heavy (non-hydrogen) atoms. The quantitative estimate of drug-likeness (QED) is 0.300. The van der Waals surface area contributed by atoms with E-state index in [9.17, 15) is 19.6 Å². The van der Waals surface area contributed by atoms with Crippen molar-refractivity contribution in [3.63, 3.8) is 0 Å². The number of nitrogens with zero attached hydrogens (tertiary/aromatic N) is 5. The van der Waals surface area contributed by atoms with Gasteiger partial charge in [-0.25, -0.2) is 0 Å². The van der Waals surface area contributed by atoms with Crippen LogP contribution >= 0.6 is 24.0 Å². The molecule has 1 amide bonds. The first kappa shape index (κ1) is 26.9. The summed E-state index contributed by atoms with van der Waals surface area (Å²) in [4.78, 5) is 43.4. The molecule has 188 valence electrons. The number of carboxylic acid groups (broad SMARTS) is 1. The van der Waals surface area contributed by atoms with Crippen LogP contribution in [0.15, 0.2) is 9.70 Å². The number of hydrogen-bond donors (Lipinski definition) is 1. The zero-order valence-corrected chi connectivity index (χ0v) is 22.0. The van der Waals surface area contributed by atoms with Crippen LogP contribution in [0.25, 0.3) is 6.08 Å². The summed E-state index contributed by atoms with van der Waals surface area (Å²) < 4.78 is 2.09. The van der Waals surface area contributed by atoms with Crippen molar-refractivity contribution in [3.8, 4) is 6.07 Å². The van der Waals surface area contributed by atoms with Crippen molar-refractivity contribution in [2.75, 3.05) is 44.7 Å². The van der Waals surface area contributed by atoms with Crippen molar-refractivity contribution >= 4 is 52.1 Å². The molecule has 3 heterocycles. The first-order valence-corrected chi connectivity index (χ1v) is 13.0. The van der Waals surface area contributed by atoms with Crippen molar-refractivity contribution in [1.29, 1.82) is 5.26 Å². The molecular weight excluding hydrogens is 486 g/mol. The normalized spacial score (nSPS) is 17.9. The van der Waals surface area contributed by atoms with Crippen molar-refractivity contribution in [1.82, 2.24) is 14.4 Å². The number of unbranched alkanes of at least 4 members (excludes halogenated alkanes) is 2. The van der Waals surface area contributed by atoms with E-state index < -0.39 is 5.97 Å². The van der Waals surface area contributed by atoms with E-state index in [1.54, 1.807) is 22.5 Å². The van der Waals surface area contributed by atoms with Crippen LogP contribution < -0.4 is 10.5 Å². The first-order valence-electron chi connectivity index (χ1n) is 11.8. The van der Waals surface area contributed by atoms with Gasteiger partial charge in [0.25, 0.3) is 11.5 Å². The monoisotopic (exact) mass is 517 g/mol. The van der Waals surface area contributed by atoms with Crippen molar-refractivity contribution in [3.05, 3.63) is 31.9 Å². The van der Waals surface area contributed by atoms with Gasteiger partial charge in [-0.1, -0.05) is 30.4 Å². The lowest BCUT2D eigenvalue weighted by Crippen LogP contribution is -2.47. The van der Waals surface area contributed by atoms with E-state index in [0.717, 1.165) is 32.0 Å². The third-order valence-corrected chi connectivity index (χ3v) is 7.76. The molecule has 0 radical (unpaired) electrons. The zero-order valence-electron chi connectivity index (χ0n) is 20.4. The molecule has 1 N–H and O–H groups in total. The molecule has 0 bridgehead atoms. The minimum Gasteiger partial charge on any atom is -0.481 e. The number of rotatable bonds is 9. The number of thioether (sulfide) groups is 1. The molecule has 2 aliphatic heterocycles. The summed E-state index contributed by atoms with van der Waals surface area (Å²) in [6.45, 7) is 7.65. The molecule has 0 saturated carbocycles. The van der Waals surface area contributed by atoms with Gasteiger partial charge in [0.15, 0.2) is 0 Å². The summed E-state index contributed by atoms with van der Waals surface area (Å²) >= 11 is 6.68. The molecule has 0 unspecified atom stereocenters. The van der Waals surface area contributed by atoms with Gasteiger partial charge in [0.2, 0.25) is 0 Å². The van der Waals surface area contributed by atoms with Gasteiger partial charge in [0.1, 0.15) is 21.8 Å². The molecule has 0 aliphatic carbocycles. The number of hydrogen-bond acceptors (Lipinski definition) is 8. The predicted octanol–water partition coefficient (Wildman–Crippen LogP) is 2.65. The second-order valence-corrected chi connectivity index (χ2v) is 10.4. The molecule has 2 saturated heterocycles. The van der Waals surface area contributed by atoms with Crippen molar-refractivity contribution in [2.24, 2.45) is 0 Å². The topological polar surface area (TPSA) is 110 Å². The smallest absolute Gasteiger partial charge is 0.303 e. The lowest BCUT2D eigenvalue weighted by molar-refractivity contribution is -0.137. The minimum atomic E-state index is -0.824. The van der Waals surface area contributed by atoms with E-state index in [4.69, 9.17) is 17.3 Å². The van der Waals surface area contributed by atoms with Crippen LogP contribution in [-0.2, 0) is 16.1 Å². The Hall–Kier alpha value is -2.68. The highest BCUT2D eigenvalue weighted by molar-refractivity contribution is 8.26. The summed E-state index contributed by atoms with van der Waals surface area (Å²) in [6, 6.07) is 2.06. The maximum absolute atomic E-state index is 13.2. The number of pyridine rings is 1. The number of aliphatic carboxylic acids is 1. The molecule has 2 aliphatic rings. The second-order valence-electron chi connectivity index (χ2n) is 8.73. The fourth-order valence-electron chi connectivity index (χ4n) is 4.34. The molecule has 1 aromatic heterocycles. The fourth-order valence-corrected chi connectivity index (χ4v) is 5.63. The summed E-state index contributed by atoms with van der Waals surface area (Å²) in [5.41, 5.74) is 1.04. The van der Waals surface area contributed by atoms with E-state index in [1.807, 2.05) is 6.92 Å². The molecule has 0 aromatic carbocycles. The number of amides is 1. The molecule has 3 rings (SSSR count). The standard InChI is InChI=1S/C24H31N5O4S2/c1-4-28-21(27-12-10-26(3)11-13-27)17(16(2)18(15-25)22(28)32)14-19-23(33)29(24(34)35-19)9-7-5-6-8-20(30)31/h14H,4-13H2,1-3H3,(H,30,31)/b19-14-. The first-order chi connectivity index (χ1) is 16.7. The minimum absolute atomic E-state index is 0.0879. The Bertz CT molecular complexity index is 1150. The van der Waals surface area contributed by atoms with Crippen LogP contribution in [-0.4, -0.2) is 75.4 Å². The number of thiocarbonyl (C=S) groups is 1. The highest BCUT2D eigenvalue weighted by Gasteiger charge is 2.33. The average molecular weight is 518 g/mol. The van der Waals surface area contributed by atoms with Gasteiger partial charge in [-0.15, -0.1) is 0 Å². The van der Waals surface area contributed by atoms with Crippen LogP contribution in [0.4, 0.5) is 5.82 Å². The van der Waals surface area contributed by atoms with Gasteiger partial charge in [0.05, 0.1) is 4.91 Å². The lowest BCUT2D eigenvalue weighted by atomic mass is 10.0. The van der Waals surface area contributed by atoms with Crippen molar-refractivity contribution < 1.29 is 14.7 Å². The Labute approximate surface area is 215 Å². The van der Waals surface area contributed by atoms with Crippen LogP contribution in [0, 0.1) is 18.3 Å². The molecule has 11 heteroatoms.